The average molecular weight is 915 g/mol. The molecule has 4 aliphatic carbocycles. The molecule has 27 atom stereocenters. The molecule has 0 aromatic rings. The maximum Gasteiger partial charge on any atom is 0.187 e. The standard InChI is InChI=1S/C46H74O18/c1-19-9-14-46(64-40(19)56-6)20(2)30-27(63-46)16-26-24-8-7-22-15-23(10-12-44(22,4)25(24)11-13-45(26,30)5)58-43-39(62-41-35(53)33(51)31(49)21(3)57-41)37(55)38(29(18-48)60-43)61-42-36(54)34(52)32(50)28(17-47)59-42/h7,19-21,23-43,47-55H,8-18H2,1-6H3. The molecular formula is C46H74O18. The Morgan fingerprint density at radius 2 is 1.33 bits per heavy atom. The second kappa shape index (κ2) is 18.1. The zero-order valence-electron chi connectivity index (χ0n) is 37.9. The third-order valence-corrected chi connectivity index (χ3v) is 18.1. The van der Waals surface area contributed by atoms with E-state index < -0.39 is 117 Å². The second-order valence-electron chi connectivity index (χ2n) is 21.4. The molecule has 9 aliphatic rings. The third kappa shape index (κ3) is 7.79. The highest BCUT2D eigenvalue weighted by atomic mass is 16.8. The maximum absolute atomic E-state index is 12.0. The van der Waals surface area contributed by atoms with E-state index in [1.54, 1.807) is 7.11 Å². The van der Waals surface area contributed by atoms with Crippen molar-refractivity contribution >= 4 is 0 Å². The van der Waals surface area contributed by atoms with Crippen molar-refractivity contribution in [1.29, 1.82) is 0 Å². The van der Waals surface area contributed by atoms with Crippen molar-refractivity contribution in [1.82, 2.24) is 0 Å². The second-order valence-corrected chi connectivity index (χ2v) is 21.4. The molecule has 18 nitrogen and oxygen atoms in total. The van der Waals surface area contributed by atoms with Crippen LogP contribution in [0.5, 0.6) is 0 Å². The number of hydrogen-bond donors (Lipinski definition) is 9. The van der Waals surface area contributed by atoms with E-state index >= 15 is 0 Å². The monoisotopic (exact) mass is 914 g/mol. The van der Waals surface area contributed by atoms with Crippen LogP contribution in [-0.2, 0) is 42.6 Å². The first-order valence-corrected chi connectivity index (χ1v) is 23.9. The molecule has 5 saturated heterocycles. The molecule has 3 saturated carbocycles. The summed E-state index contributed by atoms with van der Waals surface area (Å²) in [5, 5.41) is 95.8. The lowest BCUT2D eigenvalue weighted by Gasteiger charge is -2.59. The first-order chi connectivity index (χ1) is 30.4. The van der Waals surface area contributed by atoms with Crippen molar-refractivity contribution in [2.45, 2.75) is 209 Å². The Kier molecular flexibility index (Phi) is 13.6. The number of ether oxygens (including phenoxy) is 9. The number of fused-ring (bicyclic) bond motifs is 7. The van der Waals surface area contributed by atoms with E-state index in [1.807, 2.05) is 0 Å². The molecule has 9 rings (SSSR count). The van der Waals surface area contributed by atoms with Gasteiger partial charge in [0.15, 0.2) is 30.9 Å². The topological polar surface area (TPSA) is 265 Å². The first kappa shape index (κ1) is 48.1. The van der Waals surface area contributed by atoms with Crippen LogP contribution in [0, 0.1) is 46.3 Å². The summed E-state index contributed by atoms with van der Waals surface area (Å²) in [6, 6.07) is 0. The molecule has 5 aliphatic heterocycles. The number of aliphatic hydroxyl groups is 9. The Bertz CT molecular complexity index is 1670. The van der Waals surface area contributed by atoms with E-state index in [-0.39, 0.29) is 29.1 Å². The van der Waals surface area contributed by atoms with Gasteiger partial charge in [-0.25, -0.2) is 0 Å². The fourth-order valence-electron chi connectivity index (χ4n) is 14.3. The largest absolute Gasteiger partial charge is 0.394 e. The molecule has 64 heavy (non-hydrogen) atoms. The van der Waals surface area contributed by atoms with Crippen molar-refractivity contribution in [2.24, 2.45) is 46.3 Å². The molecule has 0 amide bonds. The van der Waals surface area contributed by atoms with Crippen LogP contribution >= 0.6 is 0 Å². The lowest BCUT2D eigenvalue weighted by molar-refractivity contribution is -0.389. The van der Waals surface area contributed by atoms with E-state index in [9.17, 15) is 46.0 Å². The van der Waals surface area contributed by atoms with Crippen LogP contribution in [0.2, 0.25) is 0 Å². The lowest BCUT2D eigenvalue weighted by atomic mass is 9.47. The Morgan fingerprint density at radius 3 is 2.03 bits per heavy atom. The van der Waals surface area contributed by atoms with Gasteiger partial charge in [0, 0.05) is 25.4 Å². The van der Waals surface area contributed by atoms with Crippen LogP contribution in [0.15, 0.2) is 11.6 Å². The van der Waals surface area contributed by atoms with Gasteiger partial charge in [0.1, 0.15) is 67.1 Å². The van der Waals surface area contributed by atoms with E-state index in [2.05, 4.69) is 33.8 Å². The predicted molar refractivity (Wildman–Crippen MR) is 220 cm³/mol. The minimum atomic E-state index is -1.82. The fraction of sp³-hybridized carbons (Fsp3) is 0.957. The van der Waals surface area contributed by atoms with E-state index in [1.165, 1.54) is 12.5 Å². The van der Waals surface area contributed by atoms with Crippen LogP contribution in [0.4, 0.5) is 0 Å². The van der Waals surface area contributed by atoms with E-state index in [0.717, 1.165) is 44.9 Å². The van der Waals surface area contributed by atoms with Crippen LogP contribution in [0.3, 0.4) is 0 Å². The molecule has 27 unspecified atom stereocenters. The smallest absolute Gasteiger partial charge is 0.187 e. The molecule has 18 heteroatoms. The summed E-state index contributed by atoms with van der Waals surface area (Å²) >= 11 is 0. The highest BCUT2D eigenvalue weighted by molar-refractivity contribution is 5.26. The normalized spacial score (nSPS) is 57.4. The lowest BCUT2D eigenvalue weighted by Crippen LogP contribution is -2.67. The molecule has 9 N–H and O–H groups in total. The van der Waals surface area contributed by atoms with Crippen LogP contribution in [0.1, 0.15) is 92.4 Å². The van der Waals surface area contributed by atoms with Gasteiger partial charge in [0.25, 0.3) is 0 Å². The Hall–Kier alpha value is -0.980. The zero-order chi connectivity index (χ0) is 45.8. The summed E-state index contributed by atoms with van der Waals surface area (Å²) in [6.07, 6.45) is -12.9. The molecule has 8 fully saturated rings. The molecule has 1 spiro atoms. The summed E-state index contributed by atoms with van der Waals surface area (Å²) in [7, 11) is 1.72. The first-order valence-electron chi connectivity index (χ1n) is 23.9. The molecule has 0 radical (unpaired) electrons. The van der Waals surface area contributed by atoms with Gasteiger partial charge in [-0.2, -0.15) is 0 Å². The number of allylic oxidation sites excluding steroid dienone is 1. The third-order valence-electron chi connectivity index (χ3n) is 18.1. The molecule has 366 valence electrons. The minimum Gasteiger partial charge on any atom is -0.394 e. The number of hydrogen-bond acceptors (Lipinski definition) is 18. The van der Waals surface area contributed by atoms with Gasteiger partial charge >= 0.3 is 0 Å². The van der Waals surface area contributed by atoms with Crippen molar-refractivity contribution < 1.29 is 88.6 Å². The van der Waals surface area contributed by atoms with Gasteiger partial charge in [0.2, 0.25) is 0 Å². The number of aliphatic hydroxyl groups excluding tert-OH is 9. The molecule has 5 heterocycles. The maximum atomic E-state index is 12.0. The molecule has 0 aromatic carbocycles. The van der Waals surface area contributed by atoms with Crippen LogP contribution < -0.4 is 0 Å². The van der Waals surface area contributed by atoms with Crippen molar-refractivity contribution in [3.63, 3.8) is 0 Å². The SMILES string of the molecule is COC1OC2(CCC1C)OC1CC3C4CC=C5CC(OC6OC(CO)C(OC7OC(CO)C(O)C(O)C7O)C(O)C6OC6OC(C)C(O)C(O)C6O)CCC5(C)C4CCC3(C)C1C2C. The Morgan fingerprint density at radius 1 is 0.656 bits per heavy atom. The summed E-state index contributed by atoms with van der Waals surface area (Å²) in [5.41, 5.74) is 1.39. The average Bonchev–Trinajstić information content (AvgIpc) is 3.73. The van der Waals surface area contributed by atoms with Crippen LogP contribution in [-0.4, -0.2) is 183 Å². The quantitative estimate of drug-likeness (QED) is 0.140. The summed E-state index contributed by atoms with van der Waals surface area (Å²) < 4.78 is 55.9. The predicted octanol–water partition coefficient (Wildman–Crippen LogP) is 0.187. The summed E-state index contributed by atoms with van der Waals surface area (Å²) in [6.45, 7) is 9.51. The van der Waals surface area contributed by atoms with Crippen molar-refractivity contribution in [3.05, 3.63) is 11.6 Å². The van der Waals surface area contributed by atoms with Gasteiger partial charge in [-0.15, -0.1) is 0 Å². The van der Waals surface area contributed by atoms with Gasteiger partial charge in [-0.05, 0) is 92.8 Å². The zero-order valence-corrected chi connectivity index (χ0v) is 37.9. The van der Waals surface area contributed by atoms with Crippen LogP contribution in [0.25, 0.3) is 0 Å². The van der Waals surface area contributed by atoms with Crippen molar-refractivity contribution in [3.8, 4) is 0 Å². The van der Waals surface area contributed by atoms with Crippen molar-refractivity contribution in [2.75, 3.05) is 20.3 Å². The number of methoxy groups -OCH3 is 1. The summed E-state index contributed by atoms with van der Waals surface area (Å²) in [4.78, 5) is 0. The van der Waals surface area contributed by atoms with Gasteiger partial charge in [-0.3, -0.25) is 0 Å². The molecule has 0 aromatic heterocycles. The Labute approximate surface area is 375 Å². The summed E-state index contributed by atoms with van der Waals surface area (Å²) in [5.74, 6) is 1.91. The molecule has 0 bridgehead atoms. The van der Waals surface area contributed by atoms with Gasteiger partial charge < -0.3 is 88.6 Å². The Balaban J connectivity index is 0.914. The minimum absolute atomic E-state index is 0.0578. The highest BCUT2D eigenvalue weighted by Crippen LogP contribution is 2.71. The number of rotatable bonds is 9. The molecular weight excluding hydrogens is 840 g/mol. The van der Waals surface area contributed by atoms with E-state index in [0.29, 0.717) is 42.4 Å². The van der Waals surface area contributed by atoms with E-state index in [4.69, 9.17) is 42.6 Å². The van der Waals surface area contributed by atoms with Gasteiger partial charge in [0.05, 0.1) is 31.5 Å². The van der Waals surface area contributed by atoms with Gasteiger partial charge in [-0.1, -0.05) is 39.3 Å². The highest BCUT2D eigenvalue weighted by Gasteiger charge is 2.69. The fourth-order valence-corrected chi connectivity index (χ4v) is 14.3.